The van der Waals surface area contributed by atoms with Crippen molar-refractivity contribution in [2.24, 2.45) is 11.8 Å². The van der Waals surface area contributed by atoms with Gasteiger partial charge in [0.05, 0.1) is 0 Å². The summed E-state index contributed by atoms with van der Waals surface area (Å²) in [5, 5.41) is 3.33. The fourth-order valence-electron chi connectivity index (χ4n) is 1.97. The minimum atomic E-state index is 0.569. The number of likely N-dealkylation sites (N-methyl/N-ethyl adjacent to an activating group) is 1. The Labute approximate surface area is 69.9 Å². The minimum absolute atomic E-state index is 0.569. The van der Waals surface area contributed by atoms with Crippen molar-refractivity contribution < 1.29 is 0 Å². The molecule has 0 saturated heterocycles. The molecule has 0 heterocycles. The highest BCUT2D eigenvalue weighted by molar-refractivity contribution is 5.10. The van der Waals surface area contributed by atoms with Crippen LogP contribution < -0.4 is 5.32 Å². The number of nitrogens with one attached hydrogen (secondary N) is 1. The van der Waals surface area contributed by atoms with E-state index in [0.717, 1.165) is 11.8 Å². The van der Waals surface area contributed by atoms with E-state index in [-0.39, 0.29) is 0 Å². The topological polar surface area (TPSA) is 12.0 Å². The van der Waals surface area contributed by atoms with Crippen LogP contribution in [0, 0.1) is 11.8 Å². The van der Waals surface area contributed by atoms with Crippen LogP contribution in [0.1, 0.15) is 26.7 Å². The Bertz CT molecular complexity index is 151. The SMILES string of the molecule is C=C(C)C(NC)[C@@H]1C[C@H]1CC. The van der Waals surface area contributed by atoms with Gasteiger partial charge >= 0.3 is 0 Å². The first-order chi connectivity index (χ1) is 5.20. The van der Waals surface area contributed by atoms with Crippen molar-refractivity contribution in [1.82, 2.24) is 5.32 Å². The van der Waals surface area contributed by atoms with E-state index >= 15 is 0 Å². The van der Waals surface area contributed by atoms with Crippen molar-refractivity contribution in [2.45, 2.75) is 32.7 Å². The maximum Gasteiger partial charge on any atom is 0.0302 e. The van der Waals surface area contributed by atoms with Crippen LogP contribution in [-0.2, 0) is 0 Å². The first kappa shape index (κ1) is 8.79. The fraction of sp³-hybridized carbons (Fsp3) is 0.800. The smallest absolute Gasteiger partial charge is 0.0302 e. The Hall–Kier alpha value is -0.300. The van der Waals surface area contributed by atoms with Gasteiger partial charge < -0.3 is 5.32 Å². The Morgan fingerprint density at radius 2 is 2.36 bits per heavy atom. The third-order valence-corrected chi connectivity index (χ3v) is 2.77. The van der Waals surface area contributed by atoms with Gasteiger partial charge in [-0.3, -0.25) is 0 Å². The standard InChI is InChI=1S/C10H19N/c1-5-8-6-9(8)10(11-4)7(2)3/h8-11H,2,5-6H2,1,3-4H3/t8-,9-,10?/m1/s1. The molecule has 1 saturated carbocycles. The highest BCUT2D eigenvalue weighted by Crippen LogP contribution is 2.44. The minimum Gasteiger partial charge on any atom is -0.313 e. The van der Waals surface area contributed by atoms with Crippen molar-refractivity contribution in [3.05, 3.63) is 12.2 Å². The molecule has 0 aromatic carbocycles. The maximum atomic E-state index is 3.99. The zero-order valence-corrected chi connectivity index (χ0v) is 7.85. The average Bonchev–Trinajstić information content (AvgIpc) is 2.68. The Morgan fingerprint density at radius 3 is 2.64 bits per heavy atom. The van der Waals surface area contributed by atoms with Crippen molar-refractivity contribution in [1.29, 1.82) is 0 Å². The summed E-state index contributed by atoms with van der Waals surface area (Å²) in [6.45, 7) is 8.38. The van der Waals surface area contributed by atoms with E-state index in [1.54, 1.807) is 0 Å². The van der Waals surface area contributed by atoms with Gasteiger partial charge in [0.2, 0.25) is 0 Å². The molecule has 1 heteroatoms. The Balaban J connectivity index is 2.40. The molecule has 1 unspecified atom stereocenters. The molecule has 1 aliphatic rings. The van der Waals surface area contributed by atoms with Gasteiger partial charge in [-0.2, -0.15) is 0 Å². The van der Waals surface area contributed by atoms with E-state index in [1.165, 1.54) is 18.4 Å². The summed E-state index contributed by atoms with van der Waals surface area (Å²) in [4.78, 5) is 0. The lowest BCUT2D eigenvalue weighted by Gasteiger charge is -2.15. The summed E-state index contributed by atoms with van der Waals surface area (Å²) in [5.41, 5.74) is 1.29. The van der Waals surface area contributed by atoms with E-state index in [0.29, 0.717) is 6.04 Å². The second-order valence-corrected chi connectivity index (χ2v) is 3.68. The highest BCUT2D eigenvalue weighted by Gasteiger charge is 2.40. The summed E-state index contributed by atoms with van der Waals surface area (Å²) < 4.78 is 0. The molecular weight excluding hydrogens is 134 g/mol. The third kappa shape index (κ3) is 1.84. The molecular formula is C10H19N. The lowest BCUT2D eigenvalue weighted by molar-refractivity contribution is 0.526. The van der Waals surface area contributed by atoms with Crippen molar-refractivity contribution >= 4 is 0 Å². The van der Waals surface area contributed by atoms with Gasteiger partial charge in [0, 0.05) is 6.04 Å². The third-order valence-electron chi connectivity index (χ3n) is 2.77. The van der Waals surface area contributed by atoms with Crippen LogP contribution in [0.5, 0.6) is 0 Å². The second kappa shape index (κ2) is 3.40. The van der Waals surface area contributed by atoms with Crippen LogP contribution in [0.3, 0.4) is 0 Å². The number of rotatable bonds is 4. The van der Waals surface area contributed by atoms with Gasteiger partial charge in [0.15, 0.2) is 0 Å². The van der Waals surface area contributed by atoms with Gasteiger partial charge in [0.25, 0.3) is 0 Å². The lowest BCUT2D eigenvalue weighted by Crippen LogP contribution is -2.28. The van der Waals surface area contributed by atoms with E-state index < -0.39 is 0 Å². The summed E-state index contributed by atoms with van der Waals surface area (Å²) >= 11 is 0. The molecule has 3 atom stereocenters. The van der Waals surface area contributed by atoms with E-state index in [2.05, 4.69) is 25.7 Å². The van der Waals surface area contributed by atoms with E-state index in [9.17, 15) is 0 Å². The predicted octanol–water partition coefficient (Wildman–Crippen LogP) is 2.20. The summed E-state index contributed by atoms with van der Waals surface area (Å²) in [6.07, 6.45) is 2.73. The molecule has 0 aromatic rings. The molecule has 0 bridgehead atoms. The zero-order valence-electron chi connectivity index (χ0n) is 7.85. The first-order valence-electron chi connectivity index (χ1n) is 4.53. The average molecular weight is 153 g/mol. The van der Waals surface area contributed by atoms with E-state index in [4.69, 9.17) is 0 Å². The maximum absolute atomic E-state index is 3.99. The fourth-order valence-corrected chi connectivity index (χ4v) is 1.97. The van der Waals surface area contributed by atoms with Gasteiger partial charge in [-0.15, -0.1) is 0 Å². The first-order valence-corrected chi connectivity index (χ1v) is 4.53. The molecule has 1 rings (SSSR count). The van der Waals surface area contributed by atoms with Crippen LogP contribution in [0.2, 0.25) is 0 Å². The van der Waals surface area contributed by atoms with Crippen LogP contribution in [0.25, 0.3) is 0 Å². The number of hydrogen-bond acceptors (Lipinski definition) is 1. The molecule has 1 fully saturated rings. The molecule has 1 aliphatic carbocycles. The number of hydrogen-bond donors (Lipinski definition) is 1. The van der Waals surface area contributed by atoms with Gasteiger partial charge in [0.1, 0.15) is 0 Å². The van der Waals surface area contributed by atoms with Crippen LogP contribution >= 0.6 is 0 Å². The molecule has 0 aromatic heterocycles. The lowest BCUT2D eigenvalue weighted by atomic mass is 10.0. The summed E-state index contributed by atoms with van der Waals surface area (Å²) in [6, 6.07) is 0.569. The zero-order chi connectivity index (χ0) is 8.43. The van der Waals surface area contributed by atoms with Crippen molar-refractivity contribution in [3.63, 3.8) is 0 Å². The second-order valence-electron chi connectivity index (χ2n) is 3.68. The molecule has 1 N–H and O–H groups in total. The van der Waals surface area contributed by atoms with Gasteiger partial charge in [-0.1, -0.05) is 25.5 Å². The molecule has 0 radical (unpaired) electrons. The van der Waals surface area contributed by atoms with Crippen molar-refractivity contribution in [2.75, 3.05) is 7.05 Å². The Kier molecular flexibility index (Phi) is 2.72. The van der Waals surface area contributed by atoms with E-state index in [1.807, 2.05) is 7.05 Å². The monoisotopic (exact) mass is 153 g/mol. The summed E-state index contributed by atoms with van der Waals surface area (Å²) in [7, 11) is 2.03. The van der Waals surface area contributed by atoms with Gasteiger partial charge in [-0.05, 0) is 32.2 Å². The predicted molar refractivity (Wildman–Crippen MR) is 49.5 cm³/mol. The molecule has 0 aliphatic heterocycles. The van der Waals surface area contributed by atoms with Crippen LogP contribution in [0.15, 0.2) is 12.2 Å². The normalized spacial score (nSPS) is 31.5. The largest absolute Gasteiger partial charge is 0.313 e. The van der Waals surface area contributed by atoms with Crippen molar-refractivity contribution in [3.8, 4) is 0 Å². The van der Waals surface area contributed by atoms with Gasteiger partial charge in [-0.25, -0.2) is 0 Å². The van der Waals surface area contributed by atoms with Crippen LogP contribution in [-0.4, -0.2) is 13.1 Å². The highest BCUT2D eigenvalue weighted by atomic mass is 14.9. The summed E-state index contributed by atoms with van der Waals surface area (Å²) in [5.74, 6) is 1.84. The molecule has 0 amide bonds. The molecule has 0 spiro atoms. The molecule has 11 heavy (non-hydrogen) atoms. The molecule has 64 valence electrons. The quantitative estimate of drug-likeness (QED) is 0.610. The van der Waals surface area contributed by atoms with Crippen LogP contribution in [0.4, 0.5) is 0 Å². The molecule has 1 nitrogen and oxygen atoms in total. The Morgan fingerprint density at radius 1 is 1.73 bits per heavy atom.